The summed E-state index contributed by atoms with van der Waals surface area (Å²) in [4.78, 5) is 0. The fraction of sp³-hybridized carbons (Fsp3) is 0.909. The molecule has 86 valence electrons. The molecule has 4 heteroatoms. The molecule has 0 aromatic rings. The average molecular weight is 227 g/mol. The van der Waals surface area contributed by atoms with Crippen molar-refractivity contribution in [3.8, 4) is 0 Å². The largest absolute Gasteiger partial charge is 0.356 e. The van der Waals surface area contributed by atoms with E-state index in [2.05, 4.69) is 31.5 Å². The van der Waals surface area contributed by atoms with Gasteiger partial charge in [0, 0.05) is 5.54 Å². The highest BCUT2D eigenvalue weighted by Crippen LogP contribution is 2.61. The van der Waals surface area contributed by atoms with Crippen molar-refractivity contribution in [2.75, 3.05) is 0 Å². The van der Waals surface area contributed by atoms with E-state index in [0.29, 0.717) is 10.5 Å². The summed E-state index contributed by atoms with van der Waals surface area (Å²) in [5, 5.41) is 3.99. The Labute approximate surface area is 97.1 Å². The van der Waals surface area contributed by atoms with Crippen LogP contribution in [-0.2, 0) is 0 Å². The zero-order valence-electron chi connectivity index (χ0n) is 9.76. The zero-order chi connectivity index (χ0) is 11.3. The zero-order valence-corrected chi connectivity index (χ0v) is 10.6. The summed E-state index contributed by atoms with van der Waals surface area (Å²) in [6, 6.07) is 0. The first-order valence-electron chi connectivity index (χ1n) is 5.70. The fourth-order valence-electron chi connectivity index (χ4n) is 3.65. The van der Waals surface area contributed by atoms with Crippen molar-refractivity contribution in [1.29, 1.82) is 0 Å². The van der Waals surface area contributed by atoms with Gasteiger partial charge in [-0.15, -0.1) is 0 Å². The van der Waals surface area contributed by atoms with Gasteiger partial charge >= 0.3 is 0 Å². The summed E-state index contributed by atoms with van der Waals surface area (Å²) in [7, 11) is 0. The molecule has 2 saturated carbocycles. The number of hydrogen-bond acceptors (Lipinski definition) is 2. The lowest BCUT2D eigenvalue weighted by Gasteiger charge is -2.48. The van der Waals surface area contributed by atoms with Crippen molar-refractivity contribution in [2.45, 2.75) is 45.6 Å². The number of hydrogen-bond donors (Lipinski definition) is 3. The van der Waals surface area contributed by atoms with E-state index in [0.717, 1.165) is 11.8 Å². The molecular formula is C11H21N3S. The Morgan fingerprint density at radius 3 is 2.33 bits per heavy atom. The van der Waals surface area contributed by atoms with Crippen LogP contribution < -0.4 is 16.6 Å². The maximum Gasteiger partial charge on any atom is 0.181 e. The van der Waals surface area contributed by atoms with Crippen molar-refractivity contribution >= 4 is 17.3 Å². The first kappa shape index (κ1) is 11.1. The van der Waals surface area contributed by atoms with Crippen LogP contribution in [0, 0.1) is 17.3 Å². The molecule has 2 aliphatic carbocycles. The van der Waals surface area contributed by atoms with Gasteiger partial charge in [-0.1, -0.05) is 13.8 Å². The molecule has 0 aromatic heterocycles. The topological polar surface area (TPSA) is 50.1 Å². The minimum absolute atomic E-state index is 0.0966. The van der Waals surface area contributed by atoms with Gasteiger partial charge < -0.3 is 10.7 Å². The summed E-state index contributed by atoms with van der Waals surface area (Å²) < 4.78 is 0. The fourth-order valence-corrected chi connectivity index (χ4v) is 3.86. The van der Waals surface area contributed by atoms with E-state index < -0.39 is 0 Å². The maximum absolute atomic E-state index is 5.34. The molecule has 2 rings (SSSR count). The second-order valence-corrected chi connectivity index (χ2v) is 6.14. The smallest absolute Gasteiger partial charge is 0.181 e. The summed E-state index contributed by atoms with van der Waals surface area (Å²) in [5.74, 6) is 6.92. The average Bonchev–Trinajstić information content (AvgIpc) is 2.70. The molecule has 0 saturated heterocycles. The molecule has 0 radical (unpaired) electrons. The maximum atomic E-state index is 5.34. The van der Waals surface area contributed by atoms with Crippen molar-refractivity contribution in [3.63, 3.8) is 0 Å². The Kier molecular flexibility index (Phi) is 2.47. The van der Waals surface area contributed by atoms with Crippen molar-refractivity contribution in [3.05, 3.63) is 0 Å². The van der Waals surface area contributed by atoms with E-state index in [1.54, 1.807) is 0 Å². The molecule has 2 bridgehead atoms. The van der Waals surface area contributed by atoms with Crippen LogP contribution >= 0.6 is 12.2 Å². The highest BCUT2D eigenvalue weighted by Gasteiger charge is 2.60. The van der Waals surface area contributed by atoms with Gasteiger partial charge in [0.15, 0.2) is 5.11 Å². The molecule has 3 atom stereocenters. The first-order chi connectivity index (χ1) is 6.91. The minimum Gasteiger partial charge on any atom is -0.356 e. The molecule has 0 aliphatic heterocycles. The second-order valence-electron chi connectivity index (χ2n) is 5.73. The molecule has 3 nitrogen and oxygen atoms in total. The lowest BCUT2D eigenvalue weighted by atomic mass is 9.64. The van der Waals surface area contributed by atoms with Gasteiger partial charge in [0.1, 0.15) is 0 Å². The molecule has 0 aromatic carbocycles. The summed E-state index contributed by atoms with van der Waals surface area (Å²) in [6.07, 6.45) is 4.03. The second kappa shape index (κ2) is 3.32. The molecule has 0 heterocycles. The van der Waals surface area contributed by atoms with E-state index in [9.17, 15) is 0 Å². The van der Waals surface area contributed by atoms with E-state index >= 15 is 0 Å². The van der Waals surface area contributed by atoms with Crippen LogP contribution in [0.2, 0.25) is 0 Å². The van der Waals surface area contributed by atoms with Gasteiger partial charge in [-0.2, -0.15) is 0 Å². The number of rotatable bonds is 1. The Bertz CT molecular complexity index is 290. The predicted octanol–water partition coefficient (Wildman–Crippen LogP) is 1.54. The predicted molar refractivity (Wildman–Crippen MR) is 66.1 cm³/mol. The Hall–Kier alpha value is -0.350. The Balaban J connectivity index is 2.23. The molecular weight excluding hydrogens is 206 g/mol. The molecule has 0 unspecified atom stereocenters. The van der Waals surface area contributed by atoms with Gasteiger partial charge in [-0.05, 0) is 55.7 Å². The third-order valence-corrected chi connectivity index (χ3v) is 5.33. The van der Waals surface area contributed by atoms with Crippen LogP contribution in [0.4, 0.5) is 0 Å². The van der Waals surface area contributed by atoms with E-state index in [1.807, 2.05) is 0 Å². The van der Waals surface area contributed by atoms with E-state index in [1.165, 1.54) is 19.3 Å². The first-order valence-corrected chi connectivity index (χ1v) is 6.11. The molecule has 15 heavy (non-hydrogen) atoms. The van der Waals surface area contributed by atoms with Gasteiger partial charge in [-0.25, -0.2) is 5.84 Å². The normalized spacial score (nSPS) is 41.6. The van der Waals surface area contributed by atoms with Gasteiger partial charge in [0.25, 0.3) is 0 Å². The highest BCUT2D eigenvalue weighted by molar-refractivity contribution is 7.80. The quantitative estimate of drug-likeness (QED) is 0.361. The Morgan fingerprint density at radius 2 is 1.87 bits per heavy atom. The Morgan fingerprint density at radius 1 is 1.27 bits per heavy atom. The van der Waals surface area contributed by atoms with E-state index in [4.69, 9.17) is 18.1 Å². The van der Waals surface area contributed by atoms with Crippen molar-refractivity contribution in [1.82, 2.24) is 10.7 Å². The lowest BCUT2D eigenvalue weighted by Crippen LogP contribution is -2.61. The number of nitrogens with two attached hydrogens (primary N) is 1. The number of nitrogens with one attached hydrogen (secondary N) is 2. The van der Waals surface area contributed by atoms with Crippen LogP contribution in [-0.4, -0.2) is 10.7 Å². The standard InChI is InChI=1S/C11H21N3S/c1-10(2)7-4-5-8(6-7)11(10,3)13-9(15)14-12/h7-8H,4-6,12H2,1-3H3,(H2,13,14,15)/t7-,8+,11-/m1/s1. The molecule has 0 spiro atoms. The van der Waals surface area contributed by atoms with Crippen LogP contribution in [0.3, 0.4) is 0 Å². The van der Waals surface area contributed by atoms with Gasteiger partial charge in [0.05, 0.1) is 0 Å². The van der Waals surface area contributed by atoms with Crippen molar-refractivity contribution < 1.29 is 0 Å². The lowest BCUT2D eigenvalue weighted by molar-refractivity contribution is 0.0833. The van der Waals surface area contributed by atoms with E-state index in [-0.39, 0.29) is 5.54 Å². The molecule has 2 aliphatic rings. The molecule has 4 N–H and O–H groups in total. The molecule has 2 fully saturated rings. The third-order valence-electron chi connectivity index (χ3n) is 5.11. The monoisotopic (exact) mass is 227 g/mol. The van der Waals surface area contributed by atoms with Gasteiger partial charge in [0.2, 0.25) is 0 Å². The minimum atomic E-state index is 0.0966. The summed E-state index contributed by atoms with van der Waals surface area (Å²) >= 11 is 5.13. The summed E-state index contributed by atoms with van der Waals surface area (Å²) in [6.45, 7) is 6.99. The third kappa shape index (κ3) is 1.38. The van der Waals surface area contributed by atoms with Crippen LogP contribution in [0.5, 0.6) is 0 Å². The van der Waals surface area contributed by atoms with Gasteiger partial charge in [-0.3, -0.25) is 0 Å². The highest BCUT2D eigenvalue weighted by atomic mass is 32.1. The molecule has 0 amide bonds. The number of hydrazine groups is 1. The van der Waals surface area contributed by atoms with Crippen LogP contribution in [0.15, 0.2) is 0 Å². The van der Waals surface area contributed by atoms with Crippen LogP contribution in [0.25, 0.3) is 0 Å². The van der Waals surface area contributed by atoms with Crippen LogP contribution in [0.1, 0.15) is 40.0 Å². The SMILES string of the molecule is CC1(C)[C@@H]2CC[C@@H](C2)[C@@]1(C)NC(=S)NN. The number of fused-ring (bicyclic) bond motifs is 2. The van der Waals surface area contributed by atoms with Crippen molar-refractivity contribution in [2.24, 2.45) is 23.1 Å². The number of thiocarbonyl (C=S) groups is 1. The summed E-state index contributed by atoms with van der Waals surface area (Å²) in [5.41, 5.74) is 2.93.